The Labute approximate surface area is 190 Å². The topological polar surface area (TPSA) is 81.1 Å². The van der Waals surface area contributed by atoms with Crippen LogP contribution in [-0.4, -0.2) is 48.3 Å². The van der Waals surface area contributed by atoms with Crippen LogP contribution in [0.4, 0.5) is 4.39 Å². The minimum atomic E-state index is -1.17. The normalized spacial score (nSPS) is 16.8. The number of carbonyl (C=O) groups excluding carboxylic acids is 2. The third-order valence-corrected chi connectivity index (χ3v) is 5.50. The van der Waals surface area contributed by atoms with Gasteiger partial charge in [0.1, 0.15) is 11.9 Å². The molecule has 2 atom stereocenters. The molecule has 0 fully saturated rings. The first-order chi connectivity index (χ1) is 15.3. The predicted octanol–water partition coefficient (Wildman–Crippen LogP) is 2.92. The van der Waals surface area contributed by atoms with Crippen molar-refractivity contribution in [3.63, 3.8) is 0 Å². The SMILES string of the molecule is [B]N1C(c2nccs2)=N[C@@H](c2cccc(F)c2C#C)C(C(=O)O[C@H](C)C(=O)OCC)=C1C. The molecule has 0 unspecified atom stereocenters. The Bertz CT molecular complexity index is 1140. The van der Waals surface area contributed by atoms with Crippen LogP contribution in [0, 0.1) is 18.2 Å². The van der Waals surface area contributed by atoms with Crippen LogP contribution in [0.3, 0.4) is 0 Å². The van der Waals surface area contributed by atoms with Gasteiger partial charge in [-0.15, -0.1) is 17.8 Å². The highest BCUT2D eigenvalue weighted by molar-refractivity contribution is 7.11. The number of benzene rings is 1. The second kappa shape index (κ2) is 9.79. The molecule has 1 aliphatic rings. The van der Waals surface area contributed by atoms with Gasteiger partial charge in [0.25, 0.3) is 0 Å². The van der Waals surface area contributed by atoms with E-state index in [0.29, 0.717) is 10.7 Å². The van der Waals surface area contributed by atoms with Crippen LogP contribution in [0.1, 0.15) is 42.9 Å². The lowest BCUT2D eigenvalue weighted by atomic mass is 9.91. The highest BCUT2D eigenvalue weighted by Crippen LogP contribution is 2.37. The van der Waals surface area contributed by atoms with Gasteiger partial charge in [-0.2, -0.15) is 0 Å². The summed E-state index contributed by atoms with van der Waals surface area (Å²) in [6, 6.07) is 3.24. The number of halogens is 1. The first-order valence-corrected chi connectivity index (χ1v) is 10.5. The Hall–Kier alpha value is -3.45. The van der Waals surface area contributed by atoms with Crippen LogP contribution in [0.2, 0.25) is 0 Å². The molecule has 0 aliphatic carbocycles. The first-order valence-electron chi connectivity index (χ1n) is 9.66. The number of amidine groups is 1. The van der Waals surface area contributed by atoms with Crippen LogP contribution in [0.15, 0.2) is 46.0 Å². The fourth-order valence-electron chi connectivity index (χ4n) is 3.16. The molecule has 1 aliphatic heterocycles. The van der Waals surface area contributed by atoms with Crippen molar-refractivity contribution in [3.05, 3.63) is 63.0 Å². The van der Waals surface area contributed by atoms with E-state index in [1.54, 1.807) is 31.5 Å². The maximum atomic E-state index is 14.4. The lowest BCUT2D eigenvalue weighted by molar-refractivity contribution is -0.164. The average Bonchev–Trinajstić information content (AvgIpc) is 3.29. The summed E-state index contributed by atoms with van der Waals surface area (Å²) in [5.74, 6) is 0.429. The molecule has 1 aromatic carbocycles. The van der Waals surface area contributed by atoms with Gasteiger partial charge in [-0.05, 0) is 32.4 Å². The number of hydrogen-bond donors (Lipinski definition) is 0. The van der Waals surface area contributed by atoms with Crippen molar-refractivity contribution >= 4 is 37.1 Å². The van der Waals surface area contributed by atoms with Crippen molar-refractivity contribution in [2.75, 3.05) is 6.61 Å². The van der Waals surface area contributed by atoms with Crippen molar-refractivity contribution in [1.29, 1.82) is 0 Å². The third kappa shape index (κ3) is 4.43. The molecule has 10 heteroatoms. The quantitative estimate of drug-likeness (QED) is 0.382. The van der Waals surface area contributed by atoms with Gasteiger partial charge in [0.05, 0.1) is 17.7 Å². The Morgan fingerprint density at radius 2 is 2.19 bits per heavy atom. The highest BCUT2D eigenvalue weighted by atomic mass is 32.1. The zero-order valence-electron chi connectivity index (χ0n) is 17.7. The number of thiazole rings is 1. The van der Waals surface area contributed by atoms with Crippen LogP contribution >= 0.6 is 11.3 Å². The molecule has 0 amide bonds. The molecule has 0 N–H and O–H groups in total. The maximum Gasteiger partial charge on any atom is 0.347 e. The van der Waals surface area contributed by atoms with E-state index in [2.05, 4.69) is 15.9 Å². The summed E-state index contributed by atoms with van der Waals surface area (Å²) in [5, 5.41) is 2.25. The van der Waals surface area contributed by atoms with Gasteiger partial charge in [0, 0.05) is 17.3 Å². The molecule has 2 heterocycles. The lowest BCUT2D eigenvalue weighted by Crippen LogP contribution is -2.37. The van der Waals surface area contributed by atoms with E-state index in [9.17, 15) is 14.0 Å². The summed E-state index contributed by atoms with van der Waals surface area (Å²) in [5.41, 5.74) is 0.557. The van der Waals surface area contributed by atoms with E-state index in [4.69, 9.17) is 23.9 Å². The fraction of sp³-hybridized carbons (Fsp3) is 0.273. The minimum Gasteiger partial charge on any atom is -0.463 e. The zero-order valence-corrected chi connectivity index (χ0v) is 18.5. The average molecular weight is 451 g/mol. The van der Waals surface area contributed by atoms with E-state index in [0.717, 1.165) is 0 Å². The number of aromatic nitrogens is 1. The third-order valence-electron chi connectivity index (χ3n) is 4.73. The number of terminal acetylenes is 1. The molecule has 2 aromatic rings. The molecule has 0 bridgehead atoms. The summed E-state index contributed by atoms with van der Waals surface area (Å²) >= 11 is 1.30. The maximum absolute atomic E-state index is 14.4. The molecule has 3 rings (SSSR count). The highest BCUT2D eigenvalue weighted by Gasteiger charge is 2.36. The van der Waals surface area contributed by atoms with E-state index in [1.165, 1.54) is 35.2 Å². The molecule has 162 valence electrons. The number of carbonyl (C=O) groups is 2. The monoisotopic (exact) mass is 451 g/mol. The van der Waals surface area contributed by atoms with E-state index in [-0.39, 0.29) is 29.1 Å². The number of ether oxygens (including phenoxy) is 2. The molecular formula is C22H19BFN3O4S. The second-order valence-corrected chi connectivity index (χ2v) is 7.60. The Morgan fingerprint density at radius 3 is 2.81 bits per heavy atom. The van der Waals surface area contributed by atoms with Crippen molar-refractivity contribution in [2.45, 2.75) is 32.9 Å². The largest absolute Gasteiger partial charge is 0.463 e. The van der Waals surface area contributed by atoms with Gasteiger partial charge in [0.15, 0.2) is 16.9 Å². The van der Waals surface area contributed by atoms with E-state index < -0.39 is 29.9 Å². The van der Waals surface area contributed by atoms with Gasteiger partial charge in [-0.1, -0.05) is 18.1 Å². The standard InChI is InChI=1S/C22H19BFN3O4S/c1-5-14-15(8-7-9-16(14)24)18-17(22(29)31-13(4)21(28)30-6-2)12(3)27(23)19(26-18)20-25-10-11-32-20/h1,7-11,13,18H,6H2,2-4H3/t13-,18+/m1/s1. The van der Waals surface area contributed by atoms with Gasteiger partial charge >= 0.3 is 11.9 Å². The molecule has 2 radical (unpaired) electrons. The molecule has 1 aromatic heterocycles. The minimum absolute atomic E-state index is 0.0195. The molecule has 0 saturated carbocycles. The van der Waals surface area contributed by atoms with Crippen LogP contribution < -0.4 is 0 Å². The molecular weight excluding hydrogens is 432 g/mol. The predicted molar refractivity (Wildman–Crippen MR) is 118 cm³/mol. The number of nitrogens with zero attached hydrogens (tertiary/aromatic N) is 3. The van der Waals surface area contributed by atoms with Gasteiger partial charge in [-0.25, -0.2) is 19.0 Å². The fourth-order valence-corrected chi connectivity index (χ4v) is 3.79. The number of esters is 2. The van der Waals surface area contributed by atoms with Gasteiger partial charge in [-0.3, -0.25) is 4.99 Å². The summed E-state index contributed by atoms with van der Waals surface area (Å²) in [6.45, 7) is 4.76. The smallest absolute Gasteiger partial charge is 0.347 e. The van der Waals surface area contributed by atoms with E-state index >= 15 is 0 Å². The Kier molecular flexibility index (Phi) is 7.10. The summed E-state index contributed by atoms with van der Waals surface area (Å²) < 4.78 is 24.7. The van der Waals surface area contributed by atoms with E-state index in [1.807, 2.05) is 0 Å². The number of aliphatic imine (C=N–C) groups is 1. The van der Waals surface area contributed by atoms with Crippen molar-refractivity contribution in [1.82, 2.24) is 9.79 Å². The molecule has 0 spiro atoms. The Morgan fingerprint density at radius 1 is 1.44 bits per heavy atom. The van der Waals surface area contributed by atoms with Crippen LogP contribution in [-0.2, 0) is 19.1 Å². The second-order valence-electron chi connectivity index (χ2n) is 6.71. The summed E-state index contributed by atoms with van der Waals surface area (Å²) in [4.78, 5) is 35.1. The number of hydrogen-bond acceptors (Lipinski definition) is 8. The van der Waals surface area contributed by atoms with Crippen molar-refractivity contribution in [2.24, 2.45) is 4.99 Å². The summed E-state index contributed by atoms with van der Waals surface area (Å²) in [7, 11) is 6.22. The van der Waals surface area contributed by atoms with Crippen LogP contribution in [0.5, 0.6) is 0 Å². The number of rotatable bonds is 6. The lowest BCUT2D eigenvalue weighted by Gasteiger charge is -2.33. The van der Waals surface area contributed by atoms with Crippen molar-refractivity contribution < 1.29 is 23.5 Å². The summed E-state index contributed by atoms with van der Waals surface area (Å²) in [6.07, 6.45) is 5.97. The molecule has 32 heavy (non-hydrogen) atoms. The van der Waals surface area contributed by atoms with Gasteiger partial charge < -0.3 is 14.3 Å². The Balaban J connectivity index is 2.12. The van der Waals surface area contributed by atoms with Crippen LogP contribution in [0.25, 0.3) is 0 Å². The molecule has 0 saturated heterocycles. The van der Waals surface area contributed by atoms with Crippen molar-refractivity contribution in [3.8, 4) is 12.3 Å². The van der Waals surface area contributed by atoms with Gasteiger partial charge in [0.2, 0.25) is 7.98 Å². The zero-order chi connectivity index (χ0) is 23.4. The first kappa shape index (κ1) is 23.2. The molecule has 7 nitrogen and oxygen atoms in total. The number of allylic oxidation sites excluding steroid dienone is 1.